The summed E-state index contributed by atoms with van der Waals surface area (Å²) < 4.78 is 11.0. The fourth-order valence-electron chi connectivity index (χ4n) is 7.11. The van der Waals surface area contributed by atoms with Crippen molar-refractivity contribution in [2.75, 3.05) is 0 Å². The zero-order chi connectivity index (χ0) is 35.1. The quantitative estimate of drug-likeness (QED) is 0.136. The Balaban J connectivity index is 0.000000170. The van der Waals surface area contributed by atoms with Gasteiger partial charge >= 0.3 is 0 Å². The predicted octanol–water partition coefficient (Wildman–Crippen LogP) is 6.83. The van der Waals surface area contributed by atoms with Crippen molar-refractivity contribution in [2.24, 2.45) is 0 Å². The highest BCUT2D eigenvalue weighted by molar-refractivity contribution is 6.05. The van der Waals surface area contributed by atoms with Gasteiger partial charge in [0.1, 0.15) is 0 Å². The number of fused-ring (bicyclic) bond motifs is 4. The number of ether oxygens (including phenoxy) is 1. The van der Waals surface area contributed by atoms with Gasteiger partial charge in [0, 0.05) is 58.9 Å². The Morgan fingerprint density at radius 1 is 0.633 bits per heavy atom. The third kappa shape index (κ3) is 5.94. The Labute approximate surface area is 283 Å². The van der Waals surface area contributed by atoms with Gasteiger partial charge in [-0.05, 0) is 74.9 Å². The molecule has 0 bridgehead atoms. The van der Waals surface area contributed by atoms with Crippen LogP contribution in [0.1, 0.15) is 74.6 Å². The van der Waals surface area contributed by atoms with E-state index in [9.17, 15) is 24.3 Å². The number of benzene rings is 2. The second kappa shape index (κ2) is 13.4. The number of nitrogens with zero attached hydrogens (tertiary/aromatic N) is 3. The molecule has 49 heavy (non-hydrogen) atoms. The van der Waals surface area contributed by atoms with E-state index in [0.29, 0.717) is 29.9 Å². The van der Waals surface area contributed by atoms with Gasteiger partial charge in [0.25, 0.3) is 16.7 Å². The third-order valence-corrected chi connectivity index (χ3v) is 9.73. The van der Waals surface area contributed by atoms with Gasteiger partial charge < -0.3 is 24.0 Å². The summed E-state index contributed by atoms with van der Waals surface area (Å²) in [6.07, 6.45) is 6.08. The number of aromatic nitrogens is 4. The Kier molecular flexibility index (Phi) is 9.24. The summed E-state index contributed by atoms with van der Waals surface area (Å²) in [6.45, 7) is 13.3. The zero-order valence-corrected chi connectivity index (χ0v) is 29.2. The second-order valence-electron chi connectivity index (χ2n) is 13.3. The molecule has 0 aliphatic carbocycles. The highest BCUT2D eigenvalue weighted by Crippen LogP contribution is 2.39. The first-order valence-electron chi connectivity index (χ1n) is 17.2. The number of phenols is 1. The molecule has 0 amide bonds. The van der Waals surface area contributed by atoms with E-state index in [1.807, 2.05) is 38.3 Å². The van der Waals surface area contributed by atoms with Crippen LogP contribution in [-0.2, 0) is 19.8 Å². The highest BCUT2D eigenvalue weighted by atomic mass is 16.5. The number of hydrogen-bond donors (Lipinski definition) is 2. The molecule has 7 rings (SSSR count). The van der Waals surface area contributed by atoms with Crippen LogP contribution in [0.15, 0.2) is 55.6 Å². The molecule has 1 aliphatic rings. The zero-order valence-electron chi connectivity index (χ0n) is 29.2. The van der Waals surface area contributed by atoms with Gasteiger partial charge in [-0.15, -0.1) is 0 Å². The molecular formula is C39H44N4O6. The van der Waals surface area contributed by atoms with E-state index in [1.54, 1.807) is 27.3 Å². The molecule has 0 unspecified atom stereocenters. The van der Waals surface area contributed by atoms with E-state index in [0.717, 1.165) is 93.4 Å². The second-order valence-corrected chi connectivity index (χ2v) is 13.3. The van der Waals surface area contributed by atoms with Crippen LogP contribution in [0.4, 0.5) is 0 Å². The summed E-state index contributed by atoms with van der Waals surface area (Å²) in [4.78, 5) is 51.9. The van der Waals surface area contributed by atoms with Crippen molar-refractivity contribution in [3.8, 4) is 11.5 Å². The summed E-state index contributed by atoms with van der Waals surface area (Å²) in [5.41, 5.74) is 5.58. The van der Waals surface area contributed by atoms with Crippen molar-refractivity contribution in [2.45, 2.75) is 99.9 Å². The van der Waals surface area contributed by atoms with Crippen LogP contribution in [0.25, 0.3) is 43.6 Å². The fraction of sp³-hybridized carbons (Fsp3) is 0.385. The van der Waals surface area contributed by atoms with Crippen molar-refractivity contribution < 1.29 is 9.84 Å². The molecule has 10 nitrogen and oxygen atoms in total. The molecule has 256 valence electrons. The standard InChI is InChI=1S/C20H22N2O3.C19H22N2O3/c1-4-5-6-7-21-16(23)8-12(2)14-10-15-13(3)9-17(24)22-11-25-20(18(14)21)19(15)22;1-4-5-6-7-21-16(23)9-12(3)14-10-13-11(2)8-15(22)20-17(13)19(24)18(14)21/h8-10H,4-7,11H2,1-3H3;8-10,24H,4-7H2,1-3H3,(H,20,22). The van der Waals surface area contributed by atoms with Gasteiger partial charge in [0.15, 0.2) is 18.2 Å². The summed E-state index contributed by atoms with van der Waals surface area (Å²) in [7, 11) is 0. The first kappa shape index (κ1) is 33.8. The first-order chi connectivity index (χ1) is 23.5. The number of rotatable bonds is 8. The molecule has 5 heterocycles. The molecule has 0 radical (unpaired) electrons. The molecule has 0 fully saturated rings. The van der Waals surface area contributed by atoms with Gasteiger partial charge in [-0.3, -0.25) is 23.7 Å². The van der Waals surface area contributed by atoms with Gasteiger partial charge in [-0.2, -0.15) is 0 Å². The molecule has 4 aromatic heterocycles. The minimum Gasteiger partial charge on any atom is -0.504 e. The van der Waals surface area contributed by atoms with Gasteiger partial charge in [0.05, 0.1) is 22.1 Å². The SMILES string of the molecule is CCCCCn1c(=O)cc(C)c2cc3c(C)cc(=O)[nH]c3c(O)c21.CCCCCn1c(=O)cc(C)c2cc3c(C)cc(=O)n4c3c(c21)OC4. The summed E-state index contributed by atoms with van der Waals surface area (Å²) in [6, 6.07) is 10.5. The Bertz CT molecular complexity index is 2520. The van der Waals surface area contributed by atoms with Gasteiger partial charge in [-0.25, -0.2) is 0 Å². The molecule has 2 N–H and O–H groups in total. The minimum absolute atomic E-state index is 0.00578. The van der Waals surface area contributed by atoms with Crippen LogP contribution in [0.5, 0.6) is 11.5 Å². The lowest BCUT2D eigenvalue weighted by Gasteiger charge is -2.15. The van der Waals surface area contributed by atoms with E-state index in [-0.39, 0.29) is 34.7 Å². The smallest absolute Gasteiger partial charge is 0.254 e. The lowest BCUT2D eigenvalue weighted by molar-refractivity contribution is 0.268. The van der Waals surface area contributed by atoms with Crippen LogP contribution in [-0.4, -0.2) is 23.8 Å². The number of unbranched alkanes of at least 4 members (excludes halogenated alkanes) is 4. The third-order valence-electron chi connectivity index (χ3n) is 9.73. The van der Waals surface area contributed by atoms with E-state index in [2.05, 4.69) is 24.9 Å². The molecule has 10 heteroatoms. The van der Waals surface area contributed by atoms with Crippen molar-refractivity contribution in [1.82, 2.24) is 18.7 Å². The van der Waals surface area contributed by atoms with E-state index < -0.39 is 0 Å². The normalized spacial score (nSPS) is 12.2. The molecule has 0 spiro atoms. The Hall–Kier alpha value is -5.12. The topological polar surface area (TPSA) is 128 Å². The molecule has 1 aliphatic heterocycles. The summed E-state index contributed by atoms with van der Waals surface area (Å²) in [5.74, 6) is 0.645. The summed E-state index contributed by atoms with van der Waals surface area (Å²) >= 11 is 0. The molecule has 0 saturated carbocycles. The molecule has 0 saturated heterocycles. The van der Waals surface area contributed by atoms with Crippen LogP contribution >= 0.6 is 0 Å². The number of aryl methyl sites for hydroxylation is 6. The average molecular weight is 665 g/mol. The maximum atomic E-state index is 12.6. The van der Waals surface area contributed by atoms with Gasteiger partial charge in [-0.1, -0.05) is 39.5 Å². The monoisotopic (exact) mass is 664 g/mol. The lowest BCUT2D eigenvalue weighted by Crippen LogP contribution is -2.21. The minimum atomic E-state index is -0.262. The predicted molar refractivity (Wildman–Crippen MR) is 197 cm³/mol. The van der Waals surface area contributed by atoms with E-state index in [1.165, 1.54) is 6.07 Å². The maximum Gasteiger partial charge on any atom is 0.254 e. The Morgan fingerprint density at radius 3 is 1.71 bits per heavy atom. The Morgan fingerprint density at radius 2 is 1.12 bits per heavy atom. The number of phenolic OH excluding ortho intramolecular Hbond substituents is 1. The maximum absolute atomic E-state index is 12.6. The van der Waals surface area contributed by atoms with E-state index >= 15 is 0 Å². The fourth-order valence-corrected chi connectivity index (χ4v) is 7.11. The number of hydrogen-bond acceptors (Lipinski definition) is 6. The molecule has 0 atom stereocenters. The average Bonchev–Trinajstić information content (AvgIpc) is 3.50. The molecule has 6 aromatic rings. The highest BCUT2D eigenvalue weighted by Gasteiger charge is 2.24. The van der Waals surface area contributed by atoms with Crippen LogP contribution in [0, 0.1) is 27.7 Å². The number of aromatic hydroxyl groups is 1. The van der Waals surface area contributed by atoms with Crippen LogP contribution in [0.3, 0.4) is 0 Å². The van der Waals surface area contributed by atoms with Gasteiger partial charge in [0.2, 0.25) is 5.56 Å². The van der Waals surface area contributed by atoms with Crippen molar-refractivity contribution in [3.05, 3.63) is 100 Å². The number of H-pyrrole nitrogens is 1. The largest absolute Gasteiger partial charge is 0.504 e. The van der Waals surface area contributed by atoms with Crippen molar-refractivity contribution in [3.63, 3.8) is 0 Å². The number of aromatic amines is 1. The number of pyridine rings is 4. The molecular weight excluding hydrogens is 620 g/mol. The first-order valence-corrected chi connectivity index (χ1v) is 17.2. The lowest BCUT2D eigenvalue weighted by atomic mass is 10.0. The van der Waals surface area contributed by atoms with Crippen LogP contribution in [0.2, 0.25) is 0 Å². The number of nitrogens with one attached hydrogen (secondary N) is 1. The molecule has 2 aromatic carbocycles. The van der Waals surface area contributed by atoms with Crippen molar-refractivity contribution in [1.29, 1.82) is 0 Å². The van der Waals surface area contributed by atoms with Crippen LogP contribution < -0.4 is 27.0 Å². The van der Waals surface area contributed by atoms with E-state index in [4.69, 9.17) is 4.74 Å². The summed E-state index contributed by atoms with van der Waals surface area (Å²) in [5, 5.41) is 14.5. The van der Waals surface area contributed by atoms with Crippen molar-refractivity contribution >= 4 is 43.6 Å².